The monoisotopic (exact) mass is 428 g/mol. The minimum absolute atomic E-state index is 0.187. The molecule has 0 aromatic heterocycles. The number of amides is 1. The first-order valence-electron chi connectivity index (χ1n) is 8.78. The van der Waals surface area contributed by atoms with Crippen LogP contribution in [0.5, 0.6) is 0 Å². The highest BCUT2D eigenvalue weighted by Crippen LogP contribution is 2.29. The van der Waals surface area contributed by atoms with Gasteiger partial charge in [-0.1, -0.05) is 12.1 Å². The smallest absolute Gasteiger partial charge is 0.379 e. The van der Waals surface area contributed by atoms with Crippen LogP contribution in [0.15, 0.2) is 48.5 Å². The topological polar surface area (TPSA) is 75.7 Å². The summed E-state index contributed by atoms with van der Waals surface area (Å²) in [5.74, 6) is -0.694. The first-order valence-corrected chi connectivity index (χ1v) is 10.4. The molecule has 0 spiro atoms. The van der Waals surface area contributed by atoms with E-state index in [4.69, 9.17) is 4.74 Å². The molecule has 0 aliphatic carbocycles. The quantitative estimate of drug-likeness (QED) is 0.794. The molecule has 0 saturated carbocycles. The molecule has 156 valence electrons. The lowest BCUT2D eigenvalue weighted by Crippen LogP contribution is -2.41. The Labute approximate surface area is 166 Å². The third-order valence-electron chi connectivity index (χ3n) is 4.40. The maximum Gasteiger partial charge on any atom is 0.416 e. The number of morpholine rings is 1. The van der Waals surface area contributed by atoms with E-state index in [-0.39, 0.29) is 17.0 Å². The van der Waals surface area contributed by atoms with Crippen LogP contribution in [0.3, 0.4) is 0 Å². The maximum absolute atomic E-state index is 12.6. The van der Waals surface area contributed by atoms with Crippen molar-refractivity contribution >= 4 is 21.6 Å². The van der Waals surface area contributed by atoms with E-state index in [2.05, 4.69) is 5.32 Å². The Morgan fingerprint density at radius 1 is 1.00 bits per heavy atom. The number of rotatable bonds is 5. The number of benzene rings is 2. The summed E-state index contributed by atoms with van der Waals surface area (Å²) < 4.78 is 69.1. The van der Waals surface area contributed by atoms with Crippen molar-refractivity contribution < 1.29 is 31.1 Å². The molecule has 1 heterocycles. The number of nitrogens with one attached hydrogen (secondary N) is 1. The van der Waals surface area contributed by atoms with E-state index in [1.807, 2.05) is 0 Å². The predicted octanol–water partition coefficient (Wildman–Crippen LogP) is 3.12. The van der Waals surface area contributed by atoms with Crippen molar-refractivity contribution in [1.82, 2.24) is 4.31 Å². The van der Waals surface area contributed by atoms with Gasteiger partial charge in [0.05, 0.1) is 24.5 Å². The molecule has 0 radical (unpaired) electrons. The highest BCUT2D eigenvalue weighted by atomic mass is 32.2. The van der Waals surface area contributed by atoms with Crippen molar-refractivity contribution in [2.24, 2.45) is 0 Å². The first-order chi connectivity index (χ1) is 13.6. The third-order valence-corrected chi connectivity index (χ3v) is 6.25. The van der Waals surface area contributed by atoms with Gasteiger partial charge in [0.2, 0.25) is 10.0 Å². The van der Waals surface area contributed by atoms with Crippen LogP contribution in [0.2, 0.25) is 0 Å². The van der Waals surface area contributed by atoms with E-state index in [1.165, 1.54) is 28.6 Å². The number of hydrogen-bond acceptors (Lipinski definition) is 4. The number of hydrogen-bond donors (Lipinski definition) is 1. The summed E-state index contributed by atoms with van der Waals surface area (Å²) in [5.41, 5.74) is 0.211. The van der Waals surface area contributed by atoms with Crippen LogP contribution in [-0.4, -0.2) is 44.9 Å². The second-order valence-corrected chi connectivity index (χ2v) is 8.46. The molecule has 3 rings (SSSR count). The molecule has 6 nitrogen and oxygen atoms in total. The second kappa shape index (κ2) is 8.52. The van der Waals surface area contributed by atoms with Crippen molar-refractivity contribution in [2.45, 2.75) is 11.9 Å². The zero-order chi connectivity index (χ0) is 21.1. The number of halogens is 3. The van der Waals surface area contributed by atoms with Gasteiger partial charge in [-0.3, -0.25) is 4.79 Å². The van der Waals surface area contributed by atoms with E-state index in [9.17, 15) is 26.4 Å². The molecule has 29 heavy (non-hydrogen) atoms. The highest BCUT2D eigenvalue weighted by molar-refractivity contribution is 7.88. The van der Waals surface area contributed by atoms with Crippen molar-refractivity contribution in [3.8, 4) is 0 Å². The van der Waals surface area contributed by atoms with Crippen molar-refractivity contribution in [1.29, 1.82) is 0 Å². The fraction of sp³-hybridized carbons (Fsp3) is 0.316. The van der Waals surface area contributed by atoms with Crippen molar-refractivity contribution in [2.75, 3.05) is 31.6 Å². The Balaban J connectivity index is 1.62. The van der Waals surface area contributed by atoms with Gasteiger partial charge in [-0.2, -0.15) is 17.5 Å². The van der Waals surface area contributed by atoms with Gasteiger partial charge in [0.15, 0.2) is 0 Å². The largest absolute Gasteiger partial charge is 0.416 e. The third kappa shape index (κ3) is 5.55. The summed E-state index contributed by atoms with van der Waals surface area (Å²) in [5, 5.41) is 2.51. The highest BCUT2D eigenvalue weighted by Gasteiger charge is 2.30. The van der Waals surface area contributed by atoms with Crippen LogP contribution < -0.4 is 5.32 Å². The number of anilines is 1. The van der Waals surface area contributed by atoms with Crippen molar-refractivity contribution in [3.05, 3.63) is 65.2 Å². The van der Waals surface area contributed by atoms with E-state index >= 15 is 0 Å². The number of ether oxygens (including phenoxy) is 1. The molecule has 2 aromatic carbocycles. The Morgan fingerprint density at radius 2 is 1.59 bits per heavy atom. The minimum Gasteiger partial charge on any atom is -0.379 e. The van der Waals surface area contributed by atoms with Crippen LogP contribution in [0.25, 0.3) is 0 Å². The Hall–Kier alpha value is -2.43. The van der Waals surface area contributed by atoms with E-state index in [0.29, 0.717) is 31.9 Å². The van der Waals surface area contributed by atoms with Gasteiger partial charge in [0.25, 0.3) is 5.91 Å². The molecule has 1 saturated heterocycles. The summed E-state index contributed by atoms with van der Waals surface area (Å²) in [6, 6.07) is 10.1. The lowest BCUT2D eigenvalue weighted by molar-refractivity contribution is -0.137. The van der Waals surface area contributed by atoms with Gasteiger partial charge in [-0.25, -0.2) is 8.42 Å². The summed E-state index contributed by atoms with van der Waals surface area (Å²) in [4.78, 5) is 12.3. The maximum atomic E-state index is 12.6. The molecule has 0 unspecified atom stereocenters. The van der Waals surface area contributed by atoms with Crippen molar-refractivity contribution in [3.63, 3.8) is 0 Å². The van der Waals surface area contributed by atoms with E-state index in [1.54, 1.807) is 12.1 Å². The fourth-order valence-electron chi connectivity index (χ4n) is 2.82. The fourth-order valence-corrected chi connectivity index (χ4v) is 4.33. The SMILES string of the molecule is O=C(Nc1ccc(C(F)(F)F)cc1)c1ccc(CS(=O)(=O)N2CCOCC2)cc1. The Bertz CT molecular complexity index is 952. The zero-order valence-corrected chi connectivity index (χ0v) is 16.1. The molecular weight excluding hydrogens is 409 g/mol. The average molecular weight is 428 g/mol. The lowest BCUT2D eigenvalue weighted by Gasteiger charge is -2.26. The lowest BCUT2D eigenvalue weighted by atomic mass is 10.1. The summed E-state index contributed by atoms with van der Waals surface area (Å²) in [6.07, 6.45) is -4.44. The Kier molecular flexibility index (Phi) is 6.25. The number of carbonyl (C=O) groups excluding carboxylic acids is 1. The molecule has 10 heteroatoms. The van der Waals surface area contributed by atoms with Gasteiger partial charge < -0.3 is 10.1 Å². The van der Waals surface area contributed by atoms with Crippen LogP contribution in [0, 0.1) is 0 Å². The zero-order valence-electron chi connectivity index (χ0n) is 15.3. The average Bonchev–Trinajstić information content (AvgIpc) is 2.68. The number of sulfonamides is 1. The molecule has 1 aliphatic heterocycles. The van der Waals surface area contributed by atoms with Gasteiger partial charge >= 0.3 is 6.18 Å². The molecule has 1 N–H and O–H groups in total. The molecular formula is C19H19F3N2O4S. The second-order valence-electron chi connectivity index (χ2n) is 6.49. The number of carbonyl (C=O) groups is 1. The standard InChI is InChI=1S/C19H19F3N2O4S/c20-19(21,22)16-5-7-17(8-6-16)23-18(25)15-3-1-14(2-4-15)13-29(26,27)24-9-11-28-12-10-24/h1-8H,9-13H2,(H,23,25). The van der Waals surface area contributed by atoms with Crippen LogP contribution in [0.4, 0.5) is 18.9 Å². The molecule has 1 aliphatic rings. The van der Waals surface area contributed by atoms with Crippen LogP contribution >= 0.6 is 0 Å². The van der Waals surface area contributed by atoms with E-state index < -0.39 is 27.7 Å². The summed E-state index contributed by atoms with van der Waals surface area (Å²) in [6.45, 7) is 1.36. The predicted molar refractivity (Wildman–Crippen MR) is 101 cm³/mol. The normalized spacial score (nSPS) is 15.8. The number of nitrogens with zero attached hydrogens (tertiary/aromatic N) is 1. The van der Waals surface area contributed by atoms with Crippen LogP contribution in [0.1, 0.15) is 21.5 Å². The molecule has 1 fully saturated rings. The van der Waals surface area contributed by atoms with Gasteiger partial charge in [0.1, 0.15) is 0 Å². The van der Waals surface area contributed by atoms with Crippen LogP contribution in [-0.2, 0) is 26.7 Å². The molecule has 2 aromatic rings. The van der Waals surface area contributed by atoms with E-state index in [0.717, 1.165) is 12.1 Å². The number of alkyl halides is 3. The molecule has 0 atom stereocenters. The first kappa shape index (κ1) is 21.3. The Morgan fingerprint density at radius 3 is 2.14 bits per heavy atom. The summed E-state index contributed by atoms with van der Waals surface area (Å²) >= 11 is 0. The summed E-state index contributed by atoms with van der Waals surface area (Å²) in [7, 11) is -3.47. The minimum atomic E-state index is -4.44. The molecule has 1 amide bonds. The van der Waals surface area contributed by atoms with Gasteiger partial charge in [-0.15, -0.1) is 0 Å². The van der Waals surface area contributed by atoms with Gasteiger partial charge in [0, 0.05) is 24.3 Å². The molecule has 0 bridgehead atoms. The van der Waals surface area contributed by atoms with Gasteiger partial charge in [-0.05, 0) is 42.0 Å².